The third kappa shape index (κ3) is 3.53. The molecule has 0 aliphatic carbocycles. The Morgan fingerprint density at radius 2 is 1.63 bits per heavy atom. The first kappa shape index (κ1) is 17.9. The average Bonchev–Trinajstić information content (AvgIpc) is 3.14. The third-order valence-electron chi connectivity index (χ3n) is 5.04. The lowest BCUT2D eigenvalue weighted by atomic mass is 9.86. The quantitative estimate of drug-likeness (QED) is 0.395. The maximum absolute atomic E-state index is 6.16. The monoisotopic (exact) mass is 359 g/mol. The highest BCUT2D eigenvalue weighted by Gasteiger charge is 2.19. The fraction of sp³-hybridized carbons (Fsp3) is 0.360. The second-order valence-electron chi connectivity index (χ2n) is 9.92. The molecule has 0 aliphatic rings. The standard InChI is InChI=1S/C25H29NO/c1-24(2,3)15-16-10-11-21-18(12-16)14-22(27-21)20-13-17-8-7-9-19(23(17)26-20)25(4,5)6/h7-14,26H,15H2,1-6H3. The number of fused-ring (bicyclic) bond motifs is 2. The van der Waals surface area contributed by atoms with Crippen LogP contribution < -0.4 is 0 Å². The predicted molar refractivity (Wildman–Crippen MR) is 115 cm³/mol. The number of hydrogen-bond acceptors (Lipinski definition) is 1. The van der Waals surface area contributed by atoms with Crippen molar-refractivity contribution in [2.45, 2.75) is 53.4 Å². The molecule has 0 saturated heterocycles. The van der Waals surface area contributed by atoms with Gasteiger partial charge in [0.2, 0.25) is 0 Å². The number of benzene rings is 2. The van der Waals surface area contributed by atoms with Gasteiger partial charge in [-0.25, -0.2) is 0 Å². The lowest BCUT2D eigenvalue weighted by molar-refractivity contribution is 0.411. The van der Waals surface area contributed by atoms with Crippen molar-refractivity contribution in [3.63, 3.8) is 0 Å². The van der Waals surface area contributed by atoms with Gasteiger partial charge >= 0.3 is 0 Å². The van der Waals surface area contributed by atoms with Crippen molar-refractivity contribution in [3.8, 4) is 11.5 Å². The first-order chi connectivity index (χ1) is 12.6. The molecule has 140 valence electrons. The Morgan fingerprint density at radius 3 is 2.33 bits per heavy atom. The highest BCUT2D eigenvalue weighted by molar-refractivity contribution is 5.90. The van der Waals surface area contributed by atoms with E-state index in [1.54, 1.807) is 0 Å². The van der Waals surface area contributed by atoms with E-state index in [4.69, 9.17) is 4.42 Å². The van der Waals surface area contributed by atoms with Crippen LogP contribution in [0.1, 0.15) is 52.7 Å². The van der Waals surface area contributed by atoms with Gasteiger partial charge in [-0.15, -0.1) is 0 Å². The molecule has 2 aromatic heterocycles. The van der Waals surface area contributed by atoms with Crippen molar-refractivity contribution in [3.05, 3.63) is 59.7 Å². The van der Waals surface area contributed by atoms with Crippen LogP contribution in [0.15, 0.2) is 52.9 Å². The minimum Gasteiger partial charge on any atom is -0.455 e. The number of rotatable bonds is 2. The van der Waals surface area contributed by atoms with Crippen LogP contribution in [0, 0.1) is 5.41 Å². The van der Waals surface area contributed by atoms with Crippen molar-refractivity contribution in [1.82, 2.24) is 4.98 Å². The summed E-state index contributed by atoms with van der Waals surface area (Å²) in [4.78, 5) is 3.61. The summed E-state index contributed by atoms with van der Waals surface area (Å²) < 4.78 is 6.16. The molecular formula is C25H29NO. The first-order valence-corrected chi connectivity index (χ1v) is 9.75. The summed E-state index contributed by atoms with van der Waals surface area (Å²) in [6.45, 7) is 13.6. The summed E-state index contributed by atoms with van der Waals surface area (Å²) in [5.41, 5.74) is 6.24. The molecule has 0 atom stereocenters. The highest BCUT2D eigenvalue weighted by Crippen LogP contribution is 2.35. The molecule has 0 fully saturated rings. The zero-order chi connectivity index (χ0) is 19.4. The van der Waals surface area contributed by atoms with Gasteiger partial charge in [0.25, 0.3) is 0 Å². The molecule has 0 aliphatic heterocycles. The van der Waals surface area contributed by atoms with Gasteiger partial charge < -0.3 is 9.40 Å². The zero-order valence-electron chi connectivity index (χ0n) is 17.2. The number of furan rings is 1. The Hall–Kier alpha value is -2.48. The van der Waals surface area contributed by atoms with E-state index in [0.29, 0.717) is 0 Å². The van der Waals surface area contributed by atoms with E-state index in [2.05, 4.69) is 95.1 Å². The first-order valence-electron chi connectivity index (χ1n) is 9.75. The van der Waals surface area contributed by atoms with E-state index >= 15 is 0 Å². The van der Waals surface area contributed by atoms with Gasteiger partial charge in [0, 0.05) is 16.3 Å². The third-order valence-corrected chi connectivity index (χ3v) is 5.04. The molecule has 0 unspecified atom stereocenters. The molecule has 0 spiro atoms. The van der Waals surface area contributed by atoms with Gasteiger partial charge in [-0.3, -0.25) is 0 Å². The molecule has 0 saturated carbocycles. The number of para-hydroxylation sites is 1. The SMILES string of the molecule is CC(C)(C)Cc1ccc2oc(-c3cc4cccc(C(C)(C)C)c4[nH]3)cc2c1. The zero-order valence-corrected chi connectivity index (χ0v) is 17.2. The van der Waals surface area contributed by atoms with Crippen LogP contribution in [0.5, 0.6) is 0 Å². The summed E-state index contributed by atoms with van der Waals surface area (Å²) >= 11 is 0. The molecule has 4 rings (SSSR count). The van der Waals surface area contributed by atoms with Gasteiger partial charge in [0.05, 0.1) is 5.69 Å². The van der Waals surface area contributed by atoms with Crippen LogP contribution in [0.3, 0.4) is 0 Å². The van der Waals surface area contributed by atoms with Crippen molar-refractivity contribution in [2.24, 2.45) is 5.41 Å². The van der Waals surface area contributed by atoms with E-state index in [1.165, 1.54) is 27.4 Å². The van der Waals surface area contributed by atoms with Crippen LogP contribution >= 0.6 is 0 Å². The number of aromatic nitrogens is 1. The van der Waals surface area contributed by atoms with Gasteiger partial charge in [-0.1, -0.05) is 65.8 Å². The average molecular weight is 360 g/mol. The Morgan fingerprint density at radius 1 is 0.852 bits per heavy atom. The lowest BCUT2D eigenvalue weighted by Gasteiger charge is -2.19. The minimum atomic E-state index is 0.0946. The second-order valence-corrected chi connectivity index (χ2v) is 9.92. The predicted octanol–water partition coefficient (Wildman–Crippen LogP) is 7.47. The summed E-state index contributed by atoms with van der Waals surface area (Å²) in [6, 6.07) is 17.4. The highest BCUT2D eigenvalue weighted by atomic mass is 16.3. The van der Waals surface area contributed by atoms with Crippen LogP contribution in [0.2, 0.25) is 0 Å². The van der Waals surface area contributed by atoms with Gasteiger partial charge in [0.1, 0.15) is 5.58 Å². The lowest BCUT2D eigenvalue weighted by Crippen LogP contribution is -2.11. The summed E-state index contributed by atoms with van der Waals surface area (Å²) in [6.07, 6.45) is 1.06. The molecular weight excluding hydrogens is 330 g/mol. The number of hydrogen-bond donors (Lipinski definition) is 1. The van der Waals surface area contributed by atoms with Crippen molar-refractivity contribution in [2.75, 3.05) is 0 Å². The molecule has 2 heteroatoms. The summed E-state index contributed by atoms with van der Waals surface area (Å²) in [7, 11) is 0. The molecule has 4 aromatic rings. The molecule has 27 heavy (non-hydrogen) atoms. The maximum Gasteiger partial charge on any atom is 0.151 e. The fourth-order valence-corrected chi connectivity index (χ4v) is 3.86. The topological polar surface area (TPSA) is 28.9 Å². The van der Waals surface area contributed by atoms with E-state index in [1.807, 2.05) is 0 Å². The van der Waals surface area contributed by atoms with Crippen molar-refractivity contribution >= 4 is 21.9 Å². The minimum absolute atomic E-state index is 0.0946. The van der Waals surface area contributed by atoms with Crippen LogP contribution in [-0.4, -0.2) is 4.98 Å². The Kier molecular flexibility index (Phi) is 3.99. The molecule has 2 nitrogen and oxygen atoms in total. The molecule has 0 radical (unpaired) electrons. The molecule has 2 aromatic carbocycles. The van der Waals surface area contributed by atoms with E-state index in [9.17, 15) is 0 Å². The van der Waals surface area contributed by atoms with Crippen LogP contribution in [-0.2, 0) is 11.8 Å². The number of aromatic amines is 1. The van der Waals surface area contributed by atoms with Crippen molar-refractivity contribution in [1.29, 1.82) is 0 Å². The smallest absolute Gasteiger partial charge is 0.151 e. The number of nitrogens with one attached hydrogen (secondary N) is 1. The fourth-order valence-electron chi connectivity index (χ4n) is 3.86. The van der Waals surface area contributed by atoms with E-state index < -0.39 is 0 Å². The van der Waals surface area contributed by atoms with E-state index in [0.717, 1.165) is 23.5 Å². The van der Waals surface area contributed by atoms with E-state index in [-0.39, 0.29) is 10.8 Å². The molecule has 0 amide bonds. The van der Waals surface area contributed by atoms with Crippen LogP contribution in [0.25, 0.3) is 33.3 Å². The Balaban J connectivity index is 1.78. The number of H-pyrrole nitrogens is 1. The van der Waals surface area contributed by atoms with Crippen LogP contribution in [0.4, 0.5) is 0 Å². The normalized spacial score (nSPS) is 13.0. The van der Waals surface area contributed by atoms with Crippen molar-refractivity contribution < 1.29 is 4.42 Å². The van der Waals surface area contributed by atoms with Gasteiger partial charge in [0.15, 0.2) is 5.76 Å². The molecule has 2 heterocycles. The molecule has 0 bridgehead atoms. The Bertz CT molecular complexity index is 1110. The van der Waals surface area contributed by atoms with Gasteiger partial charge in [-0.2, -0.15) is 0 Å². The summed E-state index contributed by atoms with van der Waals surface area (Å²) in [5, 5.41) is 2.40. The molecule has 1 N–H and O–H groups in total. The summed E-state index contributed by atoms with van der Waals surface area (Å²) in [5.74, 6) is 0.897. The van der Waals surface area contributed by atoms with Gasteiger partial charge in [-0.05, 0) is 52.6 Å². The Labute approximate surface area is 161 Å². The maximum atomic E-state index is 6.16. The second kappa shape index (κ2) is 6.02. The largest absolute Gasteiger partial charge is 0.455 e.